The number of hydrogen-bond acceptors (Lipinski definition) is 2. The Kier molecular flexibility index (Phi) is 5.09. The minimum absolute atomic E-state index is 0.145. The fraction of sp³-hybridized carbons (Fsp3) is 0.278. The van der Waals surface area contributed by atoms with Crippen LogP contribution in [0.3, 0.4) is 0 Å². The van der Waals surface area contributed by atoms with Gasteiger partial charge in [-0.15, -0.1) is 0 Å². The number of hydrogen-bond donors (Lipinski definition) is 0. The molecule has 0 spiro atoms. The molecule has 1 atom stereocenters. The van der Waals surface area contributed by atoms with Gasteiger partial charge in [0.25, 0.3) is 0 Å². The third-order valence-corrected chi connectivity index (χ3v) is 3.66. The molecule has 3 heteroatoms. The van der Waals surface area contributed by atoms with Crippen molar-refractivity contribution in [3.63, 3.8) is 0 Å². The van der Waals surface area contributed by atoms with E-state index in [1.165, 1.54) is 12.1 Å². The van der Waals surface area contributed by atoms with E-state index in [1.54, 1.807) is 19.2 Å². The highest BCUT2D eigenvalue weighted by Crippen LogP contribution is 2.24. The second-order valence-electron chi connectivity index (χ2n) is 5.12. The number of carbonyl (C=O) groups excluding carboxylic acids is 1. The van der Waals surface area contributed by atoms with Crippen LogP contribution in [0.25, 0.3) is 0 Å². The van der Waals surface area contributed by atoms with Crippen LogP contribution in [0.2, 0.25) is 0 Å². The first kappa shape index (κ1) is 15.2. The summed E-state index contributed by atoms with van der Waals surface area (Å²) in [5.74, 6) is 0.466. The van der Waals surface area contributed by atoms with E-state index in [0.717, 1.165) is 11.3 Å². The molecule has 0 amide bonds. The molecule has 0 N–H and O–H groups in total. The summed E-state index contributed by atoms with van der Waals surface area (Å²) in [7, 11) is 1.63. The summed E-state index contributed by atoms with van der Waals surface area (Å²) >= 11 is 0. The normalized spacial score (nSPS) is 12.0. The van der Waals surface area contributed by atoms with E-state index in [1.807, 2.05) is 24.3 Å². The maximum Gasteiger partial charge on any atom is 0.165 e. The third-order valence-electron chi connectivity index (χ3n) is 3.66. The molecule has 0 aliphatic heterocycles. The van der Waals surface area contributed by atoms with Crippen molar-refractivity contribution in [1.29, 1.82) is 0 Å². The number of methoxy groups -OCH3 is 1. The van der Waals surface area contributed by atoms with Crippen molar-refractivity contribution in [3.8, 4) is 5.75 Å². The second kappa shape index (κ2) is 7.02. The van der Waals surface area contributed by atoms with Crippen molar-refractivity contribution in [1.82, 2.24) is 0 Å². The molecule has 0 radical (unpaired) electrons. The quantitative estimate of drug-likeness (QED) is 0.725. The molecule has 0 heterocycles. The lowest BCUT2D eigenvalue weighted by molar-refractivity contribution is 0.0974. The molecule has 0 aromatic heterocycles. The van der Waals surface area contributed by atoms with Crippen LogP contribution in [0, 0.1) is 5.82 Å². The van der Waals surface area contributed by atoms with Crippen LogP contribution in [-0.4, -0.2) is 12.9 Å². The number of carbonyl (C=O) groups is 1. The topological polar surface area (TPSA) is 26.3 Å². The Morgan fingerprint density at radius 1 is 1.14 bits per heavy atom. The molecular weight excluding hydrogens is 267 g/mol. The Bertz CT molecular complexity index is 605. The van der Waals surface area contributed by atoms with Gasteiger partial charge in [0.05, 0.1) is 12.7 Å². The van der Waals surface area contributed by atoms with Crippen LogP contribution in [0.1, 0.15) is 41.6 Å². The maximum absolute atomic E-state index is 13.5. The average molecular weight is 286 g/mol. The van der Waals surface area contributed by atoms with E-state index in [2.05, 4.69) is 6.92 Å². The van der Waals surface area contributed by atoms with E-state index in [4.69, 9.17) is 4.74 Å². The van der Waals surface area contributed by atoms with Gasteiger partial charge in [-0.3, -0.25) is 4.79 Å². The molecule has 2 aromatic rings. The molecule has 110 valence electrons. The molecule has 2 aromatic carbocycles. The van der Waals surface area contributed by atoms with Gasteiger partial charge in [-0.25, -0.2) is 4.39 Å². The summed E-state index contributed by atoms with van der Waals surface area (Å²) in [5.41, 5.74) is 1.33. The fourth-order valence-corrected chi connectivity index (χ4v) is 2.27. The molecule has 2 rings (SSSR count). The maximum atomic E-state index is 13.5. The lowest BCUT2D eigenvalue weighted by Gasteiger charge is -2.12. The lowest BCUT2D eigenvalue weighted by Crippen LogP contribution is -2.04. The molecule has 0 aliphatic carbocycles. The number of Topliss-reactive ketones (excluding diaryl/α,β-unsaturated/α-hetero) is 1. The molecular formula is C18H19FO2. The van der Waals surface area contributed by atoms with E-state index in [9.17, 15) is 9.18 Å². The van der Waals surface area contributed by atoms with Gasteiger partial charge in [-0.2, -0.15) is 0 Å². The number of benzene rings is 2. The van der Waals surface area contributed by atoms with Gasteiger partial charge in [-0.05, 0) is 42.2 Å². The first-order valence-electron chi connectivity index (χ1n) is 7.03. The minimum atomic E-state index is -0.445. The Balaban J connectivity index is 1.95. The van der Waals surface area contributed by atoms with Crippen LogP contribution in [0.5, 0.6) is 5.75 Å². The highest BCUT2D eigenvalue weighted by molar-refractivity contribution is 5.96. The van der Waals surface area contributed by atoms with Gasteiger partial charge < -0.3 is 4.74 Å². The summed E-state index contributed by atoms with van der Waals surface area (Å²) in [6, 6.07) is 13.9. The second-order valence-corrected chi connectivity index (χ2v) is 5.12. The highest BCUT2D eigenvalue weighted by Gasteiger charge is 2.13. The standard InChI is InChI=1S/C18H19FO2/c1-13(14-8-10-15(21-2)11-9-14)7-12-18(20)16-5-3-4-6-17(16)19/h3-6,8-11,13H,7,12H2,1-2H3. The van der Waals surface area contributed by atoms with Crippen molar-refractivity contribution in [2.45, 2.75) is 25.7 Å². The molecule has 0 bridgehead atoms. The Hall–Kier alpha value is -2.16. The Morgan fingerprint density at radius 2 is 1.81 bits per heavy atom. The smallest absolute Gasteiger partial charge is 0.165 e. The highest BCUT2D eigenvalue weighted by atomic mass is 19.1. The van der Waals surface area contributed by atoms with Crippen LogP contribution in [0.4, 0.5) is 4.39 Å². The number of rotatable bonds is 6. The molecule has 1 unspecified atom stereocenters. The zero-order valence-electron chi connectivity index (χ0n) is 12.3. The van der Waals surface area contributed by atoms with Gasteiger partial charge in [-0.1, -0.05) is 31.2 Å². The SMILES string of the molecule is COc1ccc(C(C)CCC(=O)c2ccccc2F)cc1. The summed E-state index contributed by atoms with van der Waals surface area (Å²) in [6.45, 7) is 2.07. The molecule has 0 aliphatic rings. The molecule has 0 saturated carbocycles. The van der Waals surface area contributed by atoms with E-state index in [-0.39, 0.29) is 17.3 Å². The van der Waals surface area contributed by atoms with E-state index < -0.39 is 5.82 Å². The minimum Gasteiger partial charge on any atom is -0.497 e. The van der Waals surface area contributed by atoms with Crippen molar-refractivity contribution in [2.24, 2.45) is 0 Å². The van der Waals surface area contributed by atoms with E-state index in [0.29, 0.717) is 12.8 Å². The van der Waals surface area contributed by atoms with Gasteiger partial charge in [0.2, 0.25) is 0 Å². The number of ketones is 1. The van der Waals surface area contributed by atoms with Crippen LogP contribution < -0.4 is 4.74 Å². The largest absolute Gasteiger partial charge is 0.497 e. The van der Waals surface area contributed by atoms with Gasteiger partial charge >= 0.3 is 0 Å². The predicted molar refractivity (Wildman–Crippen MR) is 81.4 cm³/mol. The Labute approximate surface area is 124 Å². The Morgan fingerprint density at radius 3 is 2.43 bits per heavy atom. The first-order valence-corrected chi connectivity index (χ1v) is 7.03. The van der Waals surface area contributed by atoms with Crippen LogP contribution in [-0.2, 0) is 0 Å². The first-order chi connectivity index (χ1) is 10.1. The number of halogens is 1. The molecule has 2 nitrogen and oxygen atoms in total. The predicted octanol–water partition coefficient (Wildman–Crippen LogP) is 4.60. The molecule has 0 saturated heterocycles. The summed E-state index contributed by atoms with van der Waals surface area (Å²) in [5, 5.41) is 0. The molecule has 0 fully saturated rings. The zero-order valence-corrected chi connectivity index (χ0v) is 12.3. The van der Waals surface area contributed by atoms with Crippen LogP contribution in [0.15, 0.2) is 48.5 Å². The lowest BCUT2D eigenvalue weighted by atomic mass is 9.93. The summed E-state index contributed by atoms with van der Waals surface area (Å²) < 4.78 is 18.7. The average Bonchev–Trinajstić information content (AvgIpc) is 2.52. The van der Waals surface area contributed by atoms with Gasteiger partial charge in [0.15, 0.2) is 5.78 Å². The van der Waals surface area contributed by atoms with Crippen molar-refractivity contribution in [3.05, 3.63) is 65.5 Å². The van der Waals surface area contributed by atoms with Gasteiger partial charge in [0.1, 0.15) is 11.6 Å². The van der Waals surface area contributed by atoms with Crippen molar-refractivity contribution in [2.75, 3.05) is 7.11 Å². The zero-order chi connectivity index (χ0) is 15.2. The summed E-state index contributed by atoms with van der Waals surface area (Å²) in [6.07, 6.45) is 1.04. The van der Waals surface area contributed by atoms with Gasteiger partial charge in [0, 0.05) is 6.42 Å². The van der Waals surface area contributed by atoms with Crippen LogP contribution >= 0.6 is 0 Å². The van der Waals surface area contributed by atoms with Crippen molar-refractivity contribution >= 4 is 5.78 Å². The molecule has 21 heavy (non-hydrogen) atoms. The fourth-order valence-electron chi connectivity index (χ4n) is 2.27. The number of ether oxygens (including phenoxy) is 1. The third kappa shape index (κ3) is 3.91. The van der Waals surface area contributed by atoms with E-state index >= 15 is 0 Å². The van der Waals surface area contributed by atoms with Crippen molar-refractivity contribution < 1.29 is 13.9 Å². The summed E-state index contributed by atoms with van der Waals surface area (Å²) in [4.78, 5) is 12.0. The monoisotopic (exact) mass is 286 g/mol.